The van der Waals surface area contributed by atoms with Crippen molar-refractivity contribution in [1.82, 2.24) is 4.31 Å². The number of sulfone groups is 1. The van der Waals surface area contributed by atoms with Crippen molar-refractivity contribution in [2.24, 2.45) is 0 Å². The van der Waals surface area contributed by atoms with Crippen LogP contribution in [0.4, 0.5) is 0 Å². The number of aromatic carboxylic acids is 1. The zero-order chi connectivity index (χ0) is 17.6. The van der Waals surface area contributed by atoms with E-state index in [1.165, 1.54) is 0 Å². The molecule has 1 heterocycles. The van der Waals surface area contributed by atoms with Crippen LogP contribution >= 0.6 is 11.6 Å². The fraction of sp³-hybridized carbons (Fsp3) is 0.417. The molecule has 11 heteroatoms. The zero-order valence-electron chi connectivity index (χ0n) is 11.9. The molecule has 2 N–H and O–H groups in total. The van der Waals surface area contributed by atoms with Crippen LogP contribution < -0.4 is 0 Å². The molecule has 0 saturated carbocycles. The number of halogens is 1. The molecule has 1 aliphatic rings. The van der Waals surface area contributed by atoms with Crippen LogP contribution in [0.15, 0.2) is 23.1 Å². The van der Waals surface area contributed by atoms with E-state index in [1.807, 2.05) is 0 Å². The van der Waals surface area contributed by atoms with Gasteiger partial charge in [0.05, 0.1) is 34.2 Å². The molecule has 1 aromatic carbocycles. The minimum Gasteiger partial charge on any atom is -0.478 e. The Bertz CT molecular complexity index is 850. The summed E-state index contributed by atoms with van der Waals surface area (Å²) >= 11 is 5.85. The van der Waals surface area contributed by atoms with Crippen molar-refractivity contribution in [1.29, 1.82) is 0 Å². The Morgan fingerprint density at radius 2 is 1.96 bits per heavy atom. The van der Waals surface area contributed by atoms with E-state index in [1.54, 1.807) is 0 Å². The Kier molecular flexibility index (Phi) is 4.75. The van der Waals surface area contributed by atoms with Crippen molar-refractivity contribution in [3.8, 4) is 0 Å². The molecule has 1 aromatic rings. The Morgan fingerprint density at radius 3 is 2.43 bits per heavy atom. The second kappa shape index (κ2) is 6.02. The predicted octanol–water partition coefficient (Wildman–Crippen LogP) is -0.183. The van der Waals surface area contributed by atoms with E-state index in [9.17, 15) is 26.7 Å². The van der Waals surface area contributed by atoms with Crippen molar-refractivity contribution in [3.05, 3.63) is 28.8 Å². The number of hydrogen-bond acceptors (Lipinski definition) is 6. The molecule has 128 valence electrons. The summed E-state index contributed by atoms with van der Waals surface area (Å²) < 4.78 is 49.0. The van der Waals surface area contributed by atoms with Crippen molar-refractivity contribution < 1.29 is 31.8 Å². The number of carboxylic acid groups (broad SMARTS) is 1. The van der Waals surface area contributed by atoms with Gasteiger partial charge in [-0.05, 0) is 18.2 Å². The largest absolute Gasteiger partial charge is 0.478 e. The summed E-state index contributed by atoms with van der Waals surface area (Å²) in [7, 11) is -6.71. The number of aliphatic hydroxyl groups is 1. The number of carbonyl (C=O) groups is 1. The number of hydrogen-bond donors (Lipinski definition) is 2. The summed E-state index contributed by atoms with van der Waals surface area (Å²) in [5.74, 6) is -2.37. The second-order valence-corrected chi connectivity index (χ2v) is 9.71. The maximum Gasteiger partial charge on any atom is 0.335 e. The van der Waals surface area contributed by atoms with E-state index in [4.69, 9.17) is 16.7 Å². The molecule has 0 aliphatic carbocycles. The van der Waals surface area contributed by atoms with Crippen LogP contribution in [0.25, 0.3) is 0 Å². The molecule has 1 saturated heterocycles. The lowest BCUT2D eigenvalue weighted by Gasteiger charge is -2.25. The third kappa shape index (κ3) is 3.50. The number of rotatable bonds is 4. The minimum atomic E-state index is -4.28. The molecule has 2 atom stereocenters. The molecule has 1 aliphatic heterocycles. The molecule has 2 rings (SSSR count). The number of sulfonamides is 1. The van der Waals surface area contributed by atoms with Gasteiger partial charge in [0.1, 0.15) is 4.90 Å². The summed E-state index contributed by atoms with van der Waals surface area (Å²) in [6.07, 6.45) is -1.36. The van der Waals surface area contributed by atoms with E-state index in [-0.39, 0.29) is 10.6 Å². The summed E-state index contributed by atoms with van der Waals surface area (Å²) in [6, 6.07) is 2.02. The summed E-state index contributed by atoms with van der Waals surface area (Å²) in [4.78, 5) is 10.5. The monoisotopic (exact) mass is 383 g/mol. The Morgan fingerprint density at radius 1 is 1.35 bits per heavy atom. The maximum absolute atomic E-state index is 12.6. The van der Waals surface area contributed by atoms with Crippen LogP contribution in [0.1, 0.15) is 10.4 Å². The molecule has 23 heavy (non-hydrogen) atoms. The van der Waals surface area contributed by atoms with Gasteiger partial charge in [0.25, 0.3) is 0 Å². The Hall–Kier alpha value is -1.20. The Balaban J connectivity index is 2.46. The maximum atomic E-state index is 12.6. The summed E-state index contributed by atoms with van der Waals surface area (Å²) in [5, 5.41) is 18.6. The number of aliphatic hydroxyl groups excluding tert-OH is 1. The van der Waals surface area contributed by atoms with Gasteiger partial charge >= 0.3 is 5.97 Å². The first-order chi connectivity index (χ1) is 10.5. The van der Waals surface area contributed by atoms with Gasteiger partial charge in [-0.25, -0.2) is 21.6 Å². The van der Waals surface area contributed by atoms with E-state index < -0.39 is 54.4 Å². The van der Waals surface area contributed by atoms with Gasteiger partial charge in [-0.3, -0.25) is 0 Å². The normalized spacial score (nSPS) is 24.0. The second-order valence-electron chi connectivity index (χ2n) is 5.18. The average molecular weight is 384 g/mol. The van der Waals surface area contributed by atoms with Crippen LogP contribution in [0.5, 0.6) is 0 Å². The van der Waals surface area contributed by atoms with Crippen LogP contribution in [0, 0.1) is 0 Å². The first-order valence-corrected chi connectivity index (χ1v) is 9.99. The van der Waals surface area contributed by atoms with Crippen LogP contribution in [-0.4, -0.2) is 68.0 Å². The topological polar surface area (TPSA) is 129 Å². The fourth-order valence-electron chi connectivity index (χ4n) is 2.33. The molecule has 1 fully saturated rings. The highest BCUT2D eigenvalue weighted by molar-refractivity contribution is 7.92. The van der Waals surface area contributed by atoms with E-state index in [0.29, 0.717) is 0 Å². The number of benzene rings is 1. The number of nitrogens with zero attached hydrogens (tertiary/aromatic N) is 1. The first kappa shape index (κ1) is 18.1. The van der Waals surface area contributed by atoms with Gasteiger partial charge in [-0.1, -0.05) is 11.6 Å². The van der Waals surface area contributed by atoms with Gasteiger partial charge in [0.15, 0.2) is 9.84 Å². The summed E-state index contributed by atoms with van der Waals surface area (Å²) in [6.45, 7) is 0. The van der Waals surface area contributed by atoms with Gasteiger partial charge in [-0.15, -0.1) is 0 Å². The van der Waals surface area contributed by atoms with E-state index >= 15 is 0 Å². The minimum absolute atomic E-state index is 0.197. The van der Waals surface area contributed by atoms with Gasteiger partial charge in [-0.2, -0.15) is 4.31 Å². The van der Waals surface area contributed by atoms with E-state index in [0.717, 1.165) is 29.6 Å². The van der Waals surface area contributed by atoms with Crippen LogP contribution in [0.3, 0.4) is 0 Å². The molecule has 0 aromatic heterocycles. The summed E-state index contributed by atoms with van der Waals surface area (Å²) in [5.41, 5.74) is -0.277. The van der Waals surface area contributed by atoms with Gasteiger partial charge in [0.2, 0.25) is 10.0 Å². The SMILES string of the molecule is CN([C@@H]1CS(=O)(=O)C[C@@H]1O)S(=O)(=O)c1cc(C(=O)O)ccc1Cl. The molecule has 0 bridgehead atoms. The van der Waals surface area contributed by atoms with Crippen molar-refractivity contribution in [3.63, 3.8) is 0 Å². The Labute approximate surface area is 138 Å². The van der Waals surface area contributed by atoms with E-state index in [2.05, 4.69) is 0 Å². The molecule has 0 spiro atoms. The van der Waals surface area contributed by atoms with Crippen molar-refractivity contribution in [2.45, 2.75) is 17.0 Å². The molecular weight excluding hydrogens is 370 g/mol. The third-order valence-corrected chi connectivity index (χ3v) is 7.66. The first-order valence-electron chi connectivity index (χ1n) is 6.35. The lowest BCUT2D eigenvalue weighted by molar-refractivity contribution is 0.0696. The molecule has 0 radical (unpaired) electrons. The zero-order valence-corrected chi connectivity index (χ0v) is 14.3. The predicted molar refractivity (Wildman–Crippen MR) is 81.8 cm³/mol. The number of likely N-dealkylation sites (N-methyl/N-ethyl adjacent to an activating group) is 1. The van der Waals surface area contributed by atoms with Gasteiger partial charge < -0.3 is 10.2 Å². The molecule has 0 unspecified atom stereocenters. The lowest BCUT2D eigenvalue weighted by atomic mass is 10.2. The average Bonchev–Trinajstić information content (AvgIpc) is 2.70. The standard InChI is InChI=1S/C12H14ClNO7S2/c1-14(9-5-22(18,19)6-10(9)15)23(20,21)11-4-7(12(16)17)2-3-8(11)13/h2-4,9-10,15H,5-6H2,1H3,(H,16,17)/t9-,10+/m1/s1. The quantitative estimate of drug-likeness (QED) is 0.737. The number of carboxylic acids is 1. The van der Waals surface area contributed by atoms with Crippen LogP contribution in [-0.2, 0) is 19.9 Å². The molecular formula is C12H14ClNO7S2. The van der Waals surface area contributed by atoms with Crippen LogP contribution in [0.2, 0.25) is 5.02 Å². The highest BCUT2D eigenvalue weighted by Gasteiger charge is 2.43. The third-order valence-electron chi connectivity index (χ3n) is 3.60. The smallest absolute Gasteiger partial charge is 0.335 e. The highest BCUT2D eigenvalue weighted by atomic mass is 35.5. The van der Waals surface area contributed by atoms with Crippen molar-refractivity contribution in [2.75, 3.05) is 18.6 Å². The lowest BCUT2D eigenvalue weighted by Crippen LogP contribution is -2.44. The molecule has 0 amide bonds. The van der Waals surface area contributed by atoms with Crippen molar-refractivity contribution >= 4 is 37.4 Å². The van der Waals surface area contributed by atoms with Gasteiger partial charge in [0, 0.05) is 7.05 Å². The molecule has 8 nitrogen and oxygen atoms in total. The fourth-order valence-corrected chi connectivity index (χ4v) is 6.15. The highest BCUT2D eigenvalue weighted by Crippen LogP contribution is 2.29.